The lowest BCUT2D eigenvalue weighted by molar-refractivity contribution is -0.0591. The third-order valence-electron chi connectivity index (χ3n) is 7.67. The molecule has 220 valence electrons. The van der Waals surface area contributed by atoms with E-state index in [9.17, 15) is 8.78 Å². The van der Waals surface area contributed by atoms with E-state index in [2.05, 4.69) is 40.1 Å². The summed E-state index contributed by atoms with van der Waals surface area (Å²) in [7, 11) is 0. The summed E-state index contributed by atoms with van der Waals surface area (Å²) < 4.78 is 42.4. The maximum absolute atomic E-state index is 14.8. The minimum atomic E-state index is -0.538. The van der Waals surface area contributed by atoms with Crippen molar-refractivity contribution in [3.05, 3.63) is 82.4 Å². The van der Waals surface area contributed by atoms with Gasteiger partial charge in [0.15, 0.2) is 5.82 Å². The molecule has 0 saturated carbocycles. The first-order chi connectivity index (χ1) is 21.0. The van der Waals surface area contributed by atoms with Gasteiger partial charge in [0.1, 0.15) is 23.9 Å². The average Bonchev–Trinajstić information content (AvgIpc) is 3.64. The molecule has 2 aliphatic rings. The van der Waals surface area contributed by atoms with E-state index >= 15 is 0 Å². The highest BCUT2D eigenvalue weighted by Gasteiger charge is 2.24. The van der Waals surface area contributed by atoms with E-state index in [1.807, 2.05) is 24.3 Å². The third-order valence-corrected chi connectivity index (χ3v) is 7.90. The summed E-state index contributed by atoms with van der Waals surface area (Å²) in [5.41, 5.74) is 3.94. The number of nitrogens with one attached hydrogen (secondary N) is 1. The van der Waals surface area contributed by atoms with Gasteiger partial charge in [0.05, 0.1) is 36.4 Å². The van der Waals surface area contributed by atoms with Crippen molar-refractivity contribution in [2.24, 2.45) is 0 Å². The first-order valence-electron chi connectivity index (χ1n) is 13.9. The molecule has 3 aromatic heterocycles. The van der Waals surface area contributed by atoms with Gasteiger partial charge in [-0.25, -0.2) is 18.7 Å². The highest BCUT2D eigenvalue weighted by molar-refractivity contribution is 6.30. The number of tetrazole rings is 1. The molecule has 0 aliphatic carbocycles. The number of aromatic nitrogens is 8. The van der Waals surface area contributed by atoms with Gasteiger partial charge in [0.25, 0.3) is 0 Å². The van der Waals surface area contributed by atoms with E-state index in [1.165, 1.54) is 12.1 Å². The van der Waals surface area contributed by atoms with E-state index in [0.717, 1.165) is 53.8 Å². The van der Waals surface area contributed by atoms with Crippen LogP contribution in [0.25, 0.3) is 28.0 Å². The van der Waals surface area contributed by atoms with Crippen LogP contribution in [-0.2, 0) is 24.4 Å². The fourth-order valence-electron chi connectivity index (χ4n) is 5.26. The van der Waals surface area contributed by atoms with Crippen LogP contribution in [0.2, 0.25) is 5.02 Å². The van der Waals surface area contributed by atoms with E-state index in [-0.39, 0.29) is 24.4 Å². The SMILES string of the molecule is Fc1cc(Cl)ccc1COc1ncc(F)c(C2=CCN(Cc3nc4cc(-c5nn[nH]n5)ccc4n3CC3CCO3)CC2)n1. The fraction of sp³-hybridized carbons (Fsp3) is 0.310. The van der Waals surface area contributed by atoms with Crippen molar-refractivity contribution in [3.63, 3.8) is 0 Å². The van der Waals surface area contributed by atoms with Crippen molar-refractivity contribution >= 4 is 28.2 Å². The minimum absolute atomic E-state index is 0.0267. The number of hydrogen-bond acceptors (Lipinski definition) is 9. The highest BCUT2D eigenvalue weighted by atomic mass is 35.5. The van der Waals surface area contributed by atoms with E-state index in [0.29, 0.717) is 42.5 Å². The smallest absolute Gasteiger partial charge is 0.317 e. The summed E-state index contributed by atoms with van der Waals surface area (Å²) in [4.78, 5) is 15.5. The Morgan fingerprint density at radius 1 is 1.12 bits per heavy atom. The van der Waals surface area contributed by atoms with E-state index in [4.69, 9.17) is 26.1 Å². The number of nitrogens with zero attached hydrogens (tertiary/aromatic N) is 8. The predicted molar refractivity (Wildman–Crippen MR) is 153 cm³/mol. The molecule has 5 aromatic rings. The number of halogens is 3. The Morgan fingerprint density at radius 3 is 2.77 bits per heavy atom. The largest absolute Gasteiger partial charge is 0.458 e. The van der Waals surface area contributed by atoms with Crippen molar-refractivity contribution < 1.29 is 18.3 Å². The second-order valence-corrected chi connectivity index (χ2v) is 10.9. The third kappa shape index (κ3) is 5.83. The van der Waals surface area contributed by atoms with Gasteiger partial charge in [-0.15, -0.1) is 10.2 Å². The number of benzene rings is 2. The lowest BCUT2D eigenvalue weighted by Crippen LogP contribution is -2.33. The fourth-order valence-corrected chi connectivity index (χ4v) is 5.41. The van der Waals surface area contributed by atoms with Crippen LogP contribution in [0.15, 0.2) is 48.7 Å². The summed E-state index contributed by atoms with van der Waals surface area (Å²) in [5, 5.41) is 14.6. The van der Waals surface area contributed by atoms with Gasteiger partial charge in [-0.2, -0.15) is 10.2 Å². The lowest BCUT2D eigenvalue weighted by Gasteiger charge is -2.29. The van der Waals surface area contributed by atoms with E-state index < -0.39 is 11.6 Å². The van der Waals surface area contributed by atoms with Crippen LogP contribution in [0.4, 0.5) is 8.78 Å². The first kappa shape index (κ1) is 27.5. The van der Waals surface area contributed by atoms with Crippen molar-refractivity contribution in [1.82, 2.24) is 45.0 Å². The Bertz CT molecular complexity index is 1810. The monoisotopic (exact) mass is 605 g/mol. The van der Waals surface area contributed by atoms with Gasteiger partial charge in [0.2, 0.25) is 5.82 Å². The molecule has 1 N–H and O–H groups in total. The molecule has 1 saturated heterocycles. The maximum Gasteiger partial charge on any atom is 0.317 e. The molecule has 2 aliphatic heterocycles. The Hall–Kier alpha value is -4.33. The Labute approximate surface area is 249 Å². The molecule has 2 aromatic carbocycles. The minimum Gasteiger partial charge on any atom is -0.458 e. The summed E-state index contributed by atoms with van der Waals surface area (Å²) in [5.74, 6) is 0.401. The Kier molecular flexibility index (Phi) is 7.51. The molecular formula is C29H26ClF2N9O2. The van der Waals surface area contributed by atoms with Crippen LogP contribution in [0, 0.1) is 11.6 Å². The first-order valence-corrected chi connectivity index (χ1v) is 14.2. The highest BCUT2D eigenvalue weighted by Crippen LogP contribution is 2.28. The lowest BCUT2D eigenvalue weighted by atomic mass is 10.0. The second-order valence-electron chi connectivity index (χ2n) is 10.4. The number of rotatable bonds is 9. The zero-order valence-corrected chi connectivity index (χ0v) is 23.6. The number of ether oxygens (including phenoxy) is 2. The second kappa shape index (κ2) is 11.7. The molecule has 1 fully saturated rings. The van der Waals surface area contributed by atoms with Crippen LogP contribution >= 0.6 is 11.6 Å². The molecular weight excluding hydrogens is 580 g/mol. The molecule has 0 bridgehead atoms. The topological polar surface area (TPSA) is 120 Å². The van der Waals surface area contributed by atoms with Crippen molar-refractivity contribution in [2.45, 2.75) is 38.6 Å². The normalized spacial score (nSPS) is 17.2. The quantitative estimate of drug-likeness (QED) is 0.257. The zero-order valence-electron chi connectivity index (χ0n) is 22.9. The molecule has 0 radical (unpaired) electrons. The number of aromatic amines is 1. The van der Waals surface area contributed by atoms with Gasteiger partial charge in [-0.3, -0.25) is 4.90 Å². The zero-order chi connectivity index (χ0) is 29.3. The number of imidazole rings is 1. The molecule has 43 heavy (non-hydrogen) atoms. The number of hydrogen-bond donors (Lipinski definition) is 1. The number of fused-ring (bicyclic) bond motifs is 1. The van der Waals surface area contributed by atoms with E-state index in [1.54, 1.807) is 6.07 Å². The molecule has 1 atom stereocenters. The average molecular weight is 606 g/mol. The summed E-state index contributed by atoms with van der Waals surface area (Å²) in [6.45, 7) is 3.26. The molecule has 14 heteroatoms. The van der Waals surface area contributed by atoms with Gasteiger partial charge in [-0.05, 0) is 54.0 Å². The van der Waals surface area contributed by atoms with Crippen LogP contribution in [-0.4, -0.2) is 70.8 Å². The van der Waals surface area contributed by atoms with Crippen LogP contribution < -0.4 is 4.74 Å². The van der Waals surface area contributed by atoms with Gasteiger partial charge in [-0.1, -0.05) is 23.7 Å². The predicted octanol–water partition coefficient (Wildman–Crippen LogP) is 4.60. The van der Waals surface area contributed by atoms with Crippen molar-refractivity contribution in [1.29, 1.82) is 0 Å². The van der Waals surface area contributed by atoms with Crippen LogP contribution in [0.1, 0.15) is 29.9 Å². The Morgan fingerprint density at radius 2 is 2.02 bits per heavy atom. The van der Waals surface area contributed by atoms with Gasteiger partial charge >= 0.3 is 6.01 Å². The van der Waals surface area contributed by atoms with Crippen LogP contribution in [0.3, 0.4) is 0 Å². The van der Waals surface area contributed by atoms with Crippen molar-refractivity contribution in [2.75, 3.05) is 19.7 Å². The molecule has 1 unspecified atom stereocenters. The molecule has 5 heterocycles. The molecule has 0 spiro atoms. The van der Waals surface area contributed by atoms with Crippen LogP contribution in [0.5, 0.6) is 6.01 Å². The maximum atomic E-state index is 14.8. The van der Waals surface area contributed by atoms with Gasteiger partial charge < -0.3 is 14.0 Å². The summed E-state index contributed by atoms with van der Waals surface area (Å²) in [6, 6.07) is 10.2. The number of H-pyrrole nitrogens is 1. The van der Waals surface area contributed by atoms with Crippen molar-refractivity contribution in [3.8, 4) is 17.4 Å². The van der Waals surface area contributed by atoms with Gasteiger partial charge in [0, 0.05) is 35.8 Å². The molecule has 7 rings (SSSR count). The molecule has 0 amide bonds. The standard InChI is InChI=1S/C29H26ClF2N9O2/c30-20-3-1-19(22(31)12-20)16-43-29-33-13-23(32)27(35-29)17-5-8-40(9-6-17)15-26-34-24-11-18(28-36-38-39-37-28)2-4-25(24)41(26)14-21-7-10-42-21/h1-5,11-13,21H,6-10,14-16H2,(H,36,37,38,39). The summed E-state index contributed by atoms with van der Waals surface area (Å²) in [6.07, 6.45) is 4.80. The molecule has 11 nitrogen and oxygen atoms in total. The Balaban J connectivity index is 1.07. The summed E-state index contributed by atoms with van der Waals surface area (Å²) >= 11 is 5.82.